The maximum absolute atomic E-state index is 11.5. The van der Waals surface area contributed by atoms with Crippen molar-refractivity contribution in [3.63, 3.8) is 0 Å². The lowest BCUT2D eigenvalue weighted by Crippen LogP contribution is -2.26. The van der Waals surface area contributed by atoms with E-state index in [4.69, 9.17) is 0 Å². The highest BCUT2D eigenvalue weighted by Crippen LogP contribution is 1.93. The summed E-state index contributed by atoms with van der Waals surface area (Å²) in [6.45, 7) is 0.528. The summed E-state index contributed by atoms with van der Waals surface area (Å²) in [5, 5.41) is 2.74. The molecule has 0 aliphatic heterocycles. The minimum atomic E-state index is -0.219. The highest BCUT2D eigenvalue weighted by Gasteiger charge is 2.05. The van der Waals surface area contributed by atoms with Crippen molar-refractivity contribution < 1.29 is 4.79 Å². The van der Waals surface area contributed by atoms with Gasteiger partial charge >= 0.3 is 0 Å². The van der Waals surface area contributed by atoms with Crippen LogP contribution in [0.2, 0.25) is 0 Å². The van der Waals surface area contributed by atoms with E-state index in [0.717, 1.165) is 5.69 Å². The zero-order valence-corrected chi connectivity index (χ0v) is 8.55. The lowest BCUT2D eigenvalue weighted by molar-refractivity contribution is 0.0948. The van der Waals surface area contributed by atoms with Crippen LogP contribution in [0.25, 0.3) is 0 Å². The summed E-state index contributed by atoms with van der Waals surface area (Å²) in [6, 6.07) is 0. The second-order valence-electron chi connectivity index (χ2n) is 3.16. The summed E-state index contributed by atoms with van der Waals surface area (Å²) in [4.78, 5) is 26.2. The van der Waals surface area contributed by atoms with E-state index in [1.165, 1.54) is 18.6 Å². The number of carbonyl (C=O) groups excluding carboxylic acids is 1. The molecule has 0 aliphatic carbocycles. The van der Waals surface area contributed by atoms with Gasteiger partial charge in [0.15, 0.2) is 0 Å². The van der Waals surface area contributed by atoms with Crippen molar-refractivity contribution in [2.45, 2.75) is 6.42 Å². The Morgan fingerprint density at radius 3 is 3.00 bits per heavy atom. The van der Waals surface area contributed by atoms with Crippen molar-refractivity contribution in [3.8, 4) is 0 Å². The van der Waals surface area contributed by atoms with E-state index in [1.807, 2.05) is 0 Å². The monoisotopic (exact) mass is 217 g/mol. The topological polar surface area (TPSA) is 83.6 Å². The first-order chi connectivity index (χ1) is 7.86. The van der Waals surface area contributed by atoms with Crippen LogP contribution in [0.4, 0.5) is 0 Å². The van der Waals surface area contributed by atoms with Crippen LogP contribution in [0.3, 0.4) is 0 Å². The maximum Gasteiger partial charge on any atom is 0.271 e. The minimum absolute atomic E-state index is 0.219. The lowest BCUT2D eigenvalue weighted by Gasteiger charge is -2.02. The molecule has 0 saturated heterocycles. The molecule has 1 amide bonds. The molecular weight excluding hydrogens is 206 g/mol. The summed E-state index contributed by atoms with van der Waals surface area (Å²) >= 11 is 0. The van der Waals surface area contributed by atoms with E-state index >= 15 is 0 Å². The molecule has 16 heavy (non-hydrogen) atoms. The summed E-state index contributed by atoms with van der Waals surface area (Å²) in [5.41, 5.74) is 1.24. The van der Waals surface area contributed by atoms with Gasteiger partial charge in [0.1, 0.15) is 5.69 Å². The zero-order chi connectivity index (χ0) is 11.2. The standard InChI is InChI=1S/C10H11N5O/c16-10(9-6-11-3-4-13-9)14-2-1-8-5-12-7-15-8/h3-7H,1-2H2,(H,12,15)(H,14,16). The largest absolute Gasteiger partial charge is 0.351 e. The predicted octanol–water partition coefficient (Wildman–Crippen LogP) is 0.172. The van der Waals surface area contributed by atoms with Crippen LogP contribution in [0, 0.1) is 0 Å². The van der Waals surface area contributed by atoms with Crippen LogP contribution in [0.15, 0.2) is 31.1 Å². The molecule has 0 aliphatic rings. The zero-order valence-electron chi connectivity index (χ0n) is 8.55. The highest BCUT2D eigenvalue weighted by atomic mass is 16.1. The van der Waals surface area contributed by atoms with E-state index in [2.05, 4.69) is 25.3 Å². The van der Waals surface area contributed by atoms with Crippen LogP contribution < -0.4 is 5.32 Å². The fourth-order valence-corrected chi connectivity index (χ4v) is 1.24. The molecule has 2 heterocycles. The second-order valence-corrected chi connectivity index (χ2v) is 3.16. The van der Waals surface area contributed by atoms with Crippen molar-refractivity contribution in [1.29, 1.82) is 0 Å². The van der Waals surface area contributed by atoms with E-state index in [9.17, 15) is 4.79 Å². The summed E-state index contributed by atoms with van der Waals surface area (Å²) in [5.74, 6) is -0.219. The molecule has 0 atom stereocenters. The summed E-state index contributed by atoms with van der Waals surface area (Å²) < 4.78 is 0. The number of amides is 1. The van der Waals surface area contributed by atoms with Gasteiger partial charge in [-0.25, -0.2) is 9.97 Å². The van der Waals surface area contributed by atoms with Gasteiger partial charge in [0.2, 0.25) is 0 Å². The van der Waals surface area contributed by atoms with E-state index in [1.54, 1.807) is 12.5 Å². The van der Waals surface area contributed by atoms with Gasteiger partial charge in [-0.15, -0.1) is 0 Å². The van der Waals surface area contributed by atoms with E-state index < -0.39 is 0 Å². The Hall–Kier alpha value is -2.24. The normalized spacial score (nSPS) is 10.0. The number of hydrogen-bond acceptors (Lipinski definition) is 4. The SMILES string of the molecule is O=C(NCCc1c[nH]cn1)c1cnccn1. The Kier molecular flexibility index (Phi) is 3.22. The number of hydrogen-bond donors (Lipinski definition) is 2. The van der Waals surface area contributed by atoms with E-state index in [0.29, 0.717) is 18.7 Å². The molecule has 0 radical (unpaired) electrons. The fourth-order valence-electron chi connectivity index (χ4n) is 1.24. The van der Waals surface area contributed by atoms with Gasteiger partial charge in [0, 0.05) is 31.6 Å². The average molecular weight is 217 g/mol. The van der Waals surface area contributed by atoms with Crippen molar-refractivity contribution in [3.05, 3.63) is 42.5 Å². The van der Waals surface area contributed by atoms with Crippen LogP contribution in [0.5, 0.6) is 0 Å². The predicted molar refractivity (Wildman–Crippen MR) is 56.7 cm³/mol. The number of H-pyrrole nitrogens is 1. The van der Waals surface area contributed by atoms with Gasteiger partial charge in [0.25, 0.3) is 5.91 Å². The Morgan fingerprint density at radius 2 is 2.31 bits per heavy atom. The van der Waals surface area contributed by atoms with Crippen LogP contribution in [-0.4, -0.2) is 32.4 Å². The van der Waals surface area contributed by atoms with Crippen molar-refractivity contribution >= 4 is 5.91 Å². The second kappa shape index (κ2) is 5.01. The number of aromatic amines is 1. The molecular formula is C10H11N5O. The molecule has 0 bridgehead atoms. The molecule has 2 N–H and O–H groups in total. The van der Waals surface area contributed by atoms with Crippen LogP contribution >= 0.6 is 0 Å². The molecule has 6 nitrogen and oxygen atoms in total. The fraction of sp³-hybridized carbons (Fsp3) is 0.200. The molecule has 0 unspecified atom stereocenters. The average Bonchev–Trinajstić information content (AvgIpc) is 2.83. The maximum atomic E-state index is 11.5. The Morgan fingerprint density at radius 1 is 1.38 bits per heavy atom. The van der Waals surface area contributed by atoms with Crippen molar-refractivity contribution in [1.82, 2.24) is 25.3 Å². The molecule has 2 aromatic rings. The van der Waals surface area contributed by atoms with Crippen molar-refractivity contribution in [2.24, 2.45) is 0 Å². The first-order valence-corrected chi connectivity index (χ1v) is 4.88. The number of aromatic nitrogens is 4. The van der Waals surface area contributed by atoms with Crippen molar-refractivity contribution in [2.75, 3.05) is 6.54 Å². The van der Waals surface area contributed by atoms with Crippen LogP contribution in [-0.2, 0) is 6.42 Å². The third-order valence-corrected chi connectivity index (χ3v) is 2.02. The van der Waals surface area contributed by atoms with Gasteiger partial charge in [-0.3, -0.25) is 9.78 Å². The van der Waals surface area contributed by atoms with E-state index in [-0.39, 0.29) is 5.91 Å². The molecule has 2 aromatic heterocycles. The third kappa shape index (κ3) is 2.63. The molecule has 82 valence electrons. The van der Waals surface area contributed by atoms with Crippen LogP contribution in [0.1, 0.15) is 16.2 Å². The molecule has 0 fully saturated rings. The Bertz CT molecular complexity index is 439. The number of carbonyl (C=O) groups is 1. The van der Waals surface area contributed by atoms with Gasteiger partial charge in [-0.2, -0.15) is 0 Å². The smallest absolute Gasteiger partial charge is 0.271 e. The number of nitrogens with zero attached hydrogens (tertiary/aromatic N) is 3. The van der Waals surface area contributed by atoms with Gasteiger partial charge in [0.05, 0.1) is 18.2 Å². The summed E-state index contributed by atoms with van der Waals surface area (Å²) in [6.07, 6.45) is 8.55. The number of rotatable bonds is 4. The molecule has 0 saturated carbocycles. The Balaban J connectivity index is 1.81. The van der Waals surface area contributed by atoms with Gasteiger partial charge < -0.3 is 10.3 Å². The molecule has 0 aromatic carbocycles. The quantitative estimate of drug-likeness (QED) is 0.764. The first kappa shape index (κ1) is 10.3. The lowest BCUT2D eigenvalue weighted by atomic mass is 10.3. The highest BCUT2D eigenvalue weighted by molar-refractivity contribution is 5.91. The number of imidazole rings is 1. The Labute approximate surface area is 92.2 Å². The van der Waals surface area contributed by atoms with Gasteiger partial charge in [-0.1, -0.05) is 0 Å². The first-order valence-electron chi connectivity index (χ1n) is 4.88. The third-order valence-electron chi connectivity index (χ3n) is 2.02. The molecule has 0 spiro atoms. The summed E-state index contributed by atoms with van der Waals surface area (Å²) in [7, 11) is 0. The number of nitrogens with one attached hydrogen (secondary N) is 2. The van der Waals surface area contributed by atoms with Gasteiger partial charge in [-0.05, 0) is 0 Å². The minimum Gasteiger partial charge on any atom is -0.351 e. The molecule has 6 heteroatoms. The molecule has 2 rings (SSSR count).